The summed E-state index contributed by atoms with van der Waals surface area (Å²) in [5.41, 5.74) is 0. The molecular formula is C13H22N2O5. The second-order valence-corrected chi connectivity index (χ2v) is 4.69. The van der Waals surface area contributed by atoms with E-state index in [0.29, 0.717) is 0 Å². The summed E-state index contributed by atoms with van der Waals surface area (Å²) < 4.78 is 9.68. The van der Waals surface area contributed by atoms with E-state index in [0.717, 1.165) is 12.2 Å². The van der Waals surface area contributed by atoms with Crippen LogP contribution in [0.2, 0.25) is 0 Å². The molecule has 7 heteroatoms. The predicted octanol–water partition coefficient (Wildman–Crippen LogP) is 0.697. The minimum Gasteiger partial charge on any atom is -0.460 e. The van der Waals surface area contributed by atoms with Crippen LogP contribution in [-0.4, -0.2) is 55.7 Å². The third-order valence-corrected chi connectivity index (χ3v) is 1.96. The summed E-state index contributed by atoms with van der Waals surface area (Å²) in [4.78, 5) is 35.1. The van der Waals surface area contributed by atoms with E-state index < -0.39 is 11.9 Å². The Bertz CT molecular complexity index is 377. The van der Waals surface area contributed by atoms with Gasteiger partial charge >= 0.3 is 18.0 Å². The number of nitrogens with zero attached hydrogens (tertiary/aromatic N) is 1. The zero-order chi connectivity index (χ0) is 15.7. The van der Waals surface area contributed by atoms with Gasteiger partial charge in [-0.25, -0.2) is 14.4 Å². The SMILES string of the molecule is CC(C)OC(=O)/C=C/C(=O)OC[C@@H](C)NC(=O)N(C)C. The van der Waals surface area contributed by atoms with Gasteiger partial charge in [-0.2, -0.15) is 0 Å². The van der Waals surface area contributed by atoms with Gasteiger partial charge in [0.2, 0.25) is 0 Å². The van der Waals surface area contributed by atoms with Crippen molar-refractivity contribution in [3.63, 3.8) is 0 Å². The van der Waals surface area contributed by atoms with E-state index in [4.69, 9.17) is 9.47 Å². The second kappa shape index (κ2) is 8.95. The topological polar surface area (TPSA) is 84.9 Å². The van der Waals surface area contributed by atoms with Crippen LogP contribution in [0.3, 0.4) is 0 Å². The molecule has 0 saturated heterocycles. The average Bonchev–Trinajstić information content (AvgIpc) is 2.32. The normalized spacial score (nSPS) is 12.1. The van der Waals surface area contributed by atoms with Crippen LogP contribution in [0.4, 0.5) is 4.79 Å². The van der Waals surface area contributed by atoms with Gasteiger partial charge < -0.3 is 19.7 Å². The maximum Gasteiger partial charge on any atom is 0.331 e. The van der Waals surface area contributed by atoms with E-state index in [1.807, 2.05) is 0 Å². The number of rotatable bonds is 6. The standard InChI is InChI=1S/C13H22N2O5/c1-9(2)20-12(17)7-6-11(16)19-8-10(3)14-13(18)15(4)5/h6-7,9-10H,8H2,1-5H3,(H,14,18)/b7-6+/t10-/m1/s1. The average molecular weight is 286 g/mol. The van der Waals surface area contributed by atoms with Crippen LogP contribution in [0, 0.1) is 0 Å². The first-order valence-corrected chi connectivity index (χ1v) is 6.25. The lowest BCUT2D eigenvalue weighted by Crippen LogP contribution is -2.42. The van der Waals surface area contributed by atoms with Crippen molar-refractivity contribution in [2.45, 2.75) is 32.9 Å². The molecule has 1 atom stereocenters. The maximum atomic E-state index is 11.3. The van der Waals surface area contributed by atoms with Gasteiger partial charge in [0, 0.05) is 26.2 Å². The fraction of sp³-hybridized carbons (Fsp3) is 0.615. The molecule has 0 aromatic rings. The van der Waals surface area contributed by atoms with E-state index in [1.165, 1.54) is 4.90 Å². The van der Waals surface area contributed by atoms with Crippen molar-refractivity contribution < 1.29 is 23.9 Å². The van der Waals surface area contributed by atoms with Crippen molar-refractivity contribution in [1.82, 2.24) is 10.2 Å². The summed E-state index contributed by atoms with van der Waals surface area (Å²) in [6.45, 7) is 5.13. The molecule has 0 bridgehead atoms. The zero-order valence-electron chi connectivity index (χ0n) is 12.5. The van der Waals surface area contributed by atoms with Gasteiger partial charge in [-0.3, -0.25) is 0 Å². The van der Waals surface area contributed by atoms with Crippen LogP contribution in [0.1, 0.15) is 20.8 Å². The molecule has 0 unspecified atom stereocenters. The van der Waals surface area contributed by atoms with Gasteiger partial charge in [0.25, 0.3) is 0 Å². The molecule has 114 valence electrons. The van der Waals surface area contributed by atoms with Crippen LogP contribution in [0.15, 0.2) is 12.2 Å². The first kappa shape index (κ1) is 17.9. The van der Waals surface area contributed by atoms with E-state index in [2.05, 4.69) is 5.32 Å². The smallest absolute Gasteiger partial charge is 0.331 e. The first-order valence-electron chi connectivity index (χ1n) is 6.25. The molecule has 0 rings (SSSR count). The number of hydrogen-bond donors (Lipinski definition) is 1. The summed E-state index contributed by atoms with van der Waals surface area (Å²) in [6.07, 6.45) is 1.75. The lowest BCUT2D eigenvalue weighted by atomic mass is 10.3. The molecule has 0 fully saturated rings. The number of carbonyl (C=O) groups excluding carboxylic acids is 3. The molecule has 0 aliphatic carbocycles. The number of esters is 2. The van der Waals surface area contributed by atoms with Gasteiger partial charge in [0.05, 0.1) is 12.1 Å². The Morgan fingerprint density at radius 3 is 2.15 bits per heavy atom. The minimum atomic E-state index is -0.670. The van der Waals surface area contributed by atoms with Gasteiger partial charge in [-0.05, 0) is 20.8 Å². The minimum absolute atomic E-state index is 0.0159. The van der Waals surface area contributed by atoms with Crippen LogP contribution < -0.4 is 5.32 Å². The molecule has 0 saturated carbocycles. The molecule has 20 heavy (non-hydrogen) atoms. The Hall–Kier alpha value is -2.05. The van der Waals surface area contributed by atoms with Gasteiger partial charge in [-0.1, -0.05) is 0 Å². The van der Waals surface area contributed by atoms with Crippen molar-refractivity contribution in [3.8, 4) is 0 Å². The third kappa shape index (κ3) is 8.96. The molecule has 1 N–H and O–H groups in total. The molecular weight excluding hydrogens is 264 g/mol. The molecule has 0 spiro atoms. The second-order valence-electron chi connectivity index (χ2n) is 4.69. The van der Waals surface area contributed by atoms with Gasteiger partial charge in [-0.15, -0.1) is 0 Å². The number of carbonyl (C=O) groups is 3. The lowest BCUT2D eigenvalue weighted by Gasteiger charge is -2.17. The quantitative estimate of drug-likeness (QED) is 0.574. The Kier molecular flexibility index (Phi) is 8.03. The van der Waals surface area contributed by atoms with Crippen LogP contribution in [0.5, 0.6) is 0 Å². The number of amides is 2. The highest BCUT2D eigenvalue weighted by atomic mass is 16.5. The fourth-order valence-electron chi connectivity index (χ4n) is 1.04. The fourth-order valence-corrected chi connectivity index (χ4v) is 1.04. The number of urea groups is 1. The monoisotopic (exact) mass is 286 g/mol. The third-order valence-electron chi connectivity index (χ3n) is 1.96. The van der Waals surface area contributed by atoms with Crippen molar-refractivity contribution in [1.29, 1.82) is 0 Å². The highest BCUT2D eigenvalue weighted by Crippen LogP contribution is 1.93. The molecule has 0 aromatic carbocycles. The van der Waals surface area contributed by atoms with Crippen molar-refractivity contribution >= 4 is 18.0 Å². The molecule has 0 aliphatic heterocycles. The van der Waals surface area contributed by atoms with Crippen molar-refractivity contribution in [2.75, 3.05) is 20.7 Å². The summed E-state index contributed by atoms with van der Waals surface area (Å²) in [7, 11) is 3.22. The Balaban J connectivity index is 4.01. The van der Waals surface area contributed by atoms with E-state index in [9.17, 15) is 14.4 Å². The Labute approximate surface area is 118 Å². The van der Waals surface area contributed by atoms with Crippen molar-refractivity contribution in [3.05, 3.63) is 12.2 Å². The maximum absolute atomic E-state index is 11.3. The summed E-state index contributed by atoms with van der Waals surface area (Å²) >= 11 is 0. The first-order chi connectivity index (χ1) is 9.22. The lowest BCUT2D eigenvalue weighted by molar-refractivity contribution is -0.143. The van der Waals surface area contributed by atoms with Crippen LogP contribution >= 0.6 is 0 Å². The summed E-state index contributed by atoms with van der Waals surface area (Å²) in [6, 6.07) is -0.602. The van der Waals surface area contributed by atoms with Gasteiger partial charge in [0.15, 0.2) is 0 Å². The van der Waals surface area contributed by atoms with Crippen molar-refractivity contribution in [2.24, 2.45) is 0 Å². The van der Waals surface area contributed by atoms with E-state index >= 15 is 0 Å². The molecule has 0 aliphatic rings. The molecule has 2 amide bonds. The van der Waals surface area contributed by atoms with E-state index in [1.54, 1.807) is 34.9 Å². The van der Waals surface area contributed by atoms with Crippen LogP contribution in [-0.2, 0) is 19.1 Å². The largest absolute Gasteiger partial charge is 0.460 e. The molecule has 0 heterocycles. The molecule has 0 radical (unpaired) electrons. The van der Waals surface area contributed by atoms with Crippen LogP contribution in [0.25, 0.3) is 0 Å². The summed E-state index contributed by atoms with van der Waals surface area (Å²) in [5.74, 6) is -1.28. The highest BCUT2D eigenvalue weighted by molar-refractivity contribution is 5.91. The molecule has 0 aromatic heterocycles. The number of hydrogen-bond acceptors (Lipinski definition) is 5. The van der Waals surface area contributed by atoms with Gasteiger partial charge in [0.1, 0.15) is 6.61 Å². The highest BCUT2D eigenvalue weighted by Gasteiger charge is 2.10. The predicted molar refractivity (Wildman–Crippen MR) is 73.0 cm³/mol. The summed E-state index contributed by atoms with van der Waals surface area (Å²) in [5, 5.41) is 2.62. The molecule has 7 nitrogen and oxygen atoms in total. The Morgan fingerprint density at radius 1 is 1.10 bits per heavy atom. The number of ether oxygens (including phenoxy) is 2. The zero-order valence-corrected chi connectivity index (χ0v) is 12.5. The van der Waals surface area contributed by atoms with E-state index in [-0.39, 0.29) is 24.8 Å². The Morgan fingerprint density at radius 2 is 1.65 bits per heavy atom. The number of nitrogens with one attached hydrogen (secondary N) is 1.